The molecule has 0 amide bonds. The van der Waals surface area contributed by atoms with Crippen LogP contribution in [0.25, 0.3) is 0 Å². The Kier molecular flexibility index (Phi) is 7.07. The number of carbonyl (C=O) groups excluding carboxylic acids is 1. The molecule has 0 aliphatic rings. The first-order valence-electron chi connectivity index (χ1n) is 4.60. The summed E-state index contributed by atoms with van der Waals surface area (Å²) in [6, 6.07) is 0. The van der Waals surface area contributed by atoms with Crippen molar-refractivity contribution in [1.82, 2.24) is 0 Å². The maximum Gasteiger partial charge on any atom is 0.303 e. The fourth-order valence-electron chi connectivity index (χ4n) is 0.792. The van der Waals surface area contributed by atoms with Crippen LogP contribution in [-0.2, 0) is 14.3 Å². The lowest BCUT2D eigenvalue weighted by molar-refractivity contribution is -0.140. The van der Waals surface area contributed by atoms with Gasteiger partial charge in [0.05, 0.1) is 6.61 Å². The zero-order valence-electron chi connectivity index (χ0n) is 8.47. The maximum absolute atomic E-state index is 10.4. The van der Waals surface area contributed by atoms with Crippen molar-refractivity contribution >= 4 is 5.97 Å². The lowest BCUT2D eigenvalue weighted by atomic mass is 10.3. The molecule has 0 heterocycles. The van der Waals surface area contributed by atoms with Gasteiger partial charge in [-0.25, -0.2) is 0 Å². The van der Waals surface area contributed by atoms with Crippen molar-refractivity contribution in [3.8, 4) is 0 Å². The summed E-state index contributed by atoms with van der Waals surface area (Å²) in [6.07, 6.45) is 3.34. The molecular formula is C10H18O3. The summed E-state index contributed by atoms with van der Waals surface area (Å²) in [5.74, 6) is 0.213. The quantitative estimate of drug-likeness (QED) is 0.347. The summed E-state index contributed by atoms with van der Waals surface area (Å²) < 4.78 is 9.92. The molecule has 3 heteroatoms. The van der Waals surface area contributed by atoms with E-state index in [-0.39, 0.29) is 12.6 Å². The van der Waals surface area contributed by atoms with Crippen LogP contribution in [0.1, 0.15) is 33.1 Å². The van der Waals surface area contributed by atoms with E-state index >= 15 is 0 Å². The molecule has 0 fully saturated rings. The minimum absolute atomic E-state index is 0.168. The first kappa shape index (κ1) is 12.0. The largest absolute Gasteiger partial charge is 0.495 e. The molecule has 3 nitrogen and oxygen atoms in total. The molecule has 0 aromatic heterocycles. The Hall–Kier alpha value is -0.990. The van der Waals surface area contributed by atoms with Gasteiger partial charge in [0.25, 0.3) is 0 Å². The van der Waals surface area contributed by atoms with Crippen molar-refractivity contribution in [2.24, 2.45) is 0 Å². The van der Waals surface area contributed by atoms with Crippen molar-refractivity contribution in [2.45, 2.75) is 33.1 Å². The Bertz CT molecular complexity index is 164. The molecule has 0 atom stereocenters. The Morgan fingerprint density at radius 2 is 2.00 bits per heavy atom. The molecule has 0 saturated heterocycles. The van der Waals surface area contributed by atoms with E-state index in [2.05, 4.69) is 13.5 Å². The Balaban J connectivity index is 3.25. The first-order valence-corrected chi connectivity index (χ1v) is 4.60. The highest BCUT2D eigenvalue weighted by Gasteiger charge is 1.97. The molecule has 0 unspecified atom stereocenters. The van der Waals surface area contributed by atoms with Gasteiger partial charge in [0.2, 0.25) is 0 Å². The number of rotatable bonds is 7. The lowest BCUT2D eigenvalue weighted by Crippen LogP contribution is -2.05. The van der Waals surface area contributed by atoms with E-state index in [1.54, 1.807) is 0 Å². The van der Waals surface area contributed by atoms with E-state index in [0.29, 0.717) is 12.4 Å². The molecule has 0 aliphatic heterocycles. The monoisotopic (exact) mass is 186 g/mol. The maximum atomic E-state index is 10.4. The van der Waals surface area contributed by atoms with E-state index in [1.165, 1.54) is 13.3 Å². The van der Waals surface area contributed by atoms with Crippen LogP contribution in [0.3, 0.4) is 0 Å². The van der Waals surface area contributed by atoms with Crippen molar-refractivity contribution in [1.29, 1.82) is 0 Å². The van der Waals surface area contributed by atoms with Gasteiger partial charge in [-0.3, -0.25) is 4.79 Å². The molecule has 0 bridgehead atoms. The summed E-state index contributed by atoms with van der Waals surface area (Å²) in [5, 5.41) is 0. The highest BCUT2D eigenvalue weighted by molar-refractivity contribution is 5.66. The number of hydrogen-bond donors (Lipinski definition) is 0. The molecule has 0 spiro atoms. The minimum atomic E-state index is -0.307. The van der Waals surface area contributed by atoms with E-state index in [1.807, 2.05) is 0 Å². The van der Waals surface area contributed by atoms with Crippen LogP contribution in [-0.4, -0.2) is 19.2 Å². The van der Waals surface area contributed by atoms with Gasteiger partial charge in [-0.1, -0.05) is 26.3 Å². The minimum Gasteiger partial charge on any atom is -0.495 e. The highest BCUT2D eigenvalue weighted by Crippen LogP contribution is 1.99. The Morgan fingerprint density at radius 3 is 2.54 bits per heavy atom. The number of esters is 1. The third kappa shape index (κ3) is 8.92. The molecule has 76 valence electrons. The fraction of sp³-hybridized carbons (Fsp3) is 0.700. The third-order valence-corrected chi connectivity index (χ3v) is 1.49. The average molecular weight is 186 g/mol. The number of carbonyl (C=O) groups is 1. The number of hydrogen-bond acceptors (Lipinski definition) is 3. The Labute approximate surface area is 79.7 Å². The predicted molar refractivity (Wildman–Crippen MR) is 51.3 cm³/mol. The predicted octanol–water partition coefficient (Wildman–Crippen LogP) is 2.27. The van der Waals surface area contributed by atoms with Gasteiger partial charge in [0, 0.05) is 6.92 Å². The molecule has 0 aliphatic carbocycles. The molecule has 0 aromatic carbocycles. The Morgan fingerprint density at radius 1 is 1.31 bits per heavy atom. The van der Waals surface area contributed by atoms with Crippen LogP contribution in [0, 0.1) is 0 Å². The molecule has 0 saturated carbocycles. The van der Waals surface area contributed by atoms with Gasteiger partial charge in [0.15, 0.2) is 0 Å². The van der Waals surface area contributed by atoms with Crippen LogP contribution in [0.15, 0.2) is 12.3 Å². The zero-order valence-corrected chi connectivity index (χ0v) is 8.47. The third-order valence-electron chi connectivity index (χ3n) is 1.49. The van der Waals surface area contributed by atoms with Gasteiger partial charge < -0.3 is 9.47 Å². The zero-order chi connectivity index (χ0) is 10.1. The first-order chi connectivity index (χ1) is 6.16. The number of unbranched alkanes of at least 4 members (excludes halogenated alkanes) is 2. The average Bonchev–Trinajstić information content (AvgIpc) is 2.09. The summed E-state index contributed by atoms with van der Waals surface area (Å²) in [6.45, 7) is 7.95. The highest BCUT2D eigenvalue weighted by atomic mass is 16.6. The van der Waals surface area contributed by atoms with Crippen LogP contribution in [0.2, 0.25) is 0 Å². The van der Waals surface area contributed by atoms with Crippen molar-refractivity contribution in [3.05, 3.63) is 12.3 Å². The van der Waals surface area contributed by atoms with Crippen molar-refractivity contribution in [2.75, 3.05) is 13.2 Å². The molecular weight excluding hydrogens is 168 g/mol. The summed E-state index contributed by atoms with van der Waals surface area (Å²) in [4.78, 5) is 10.4. The summed E-state index contributed by atoms with van der Waals surface area (Å²) in [7, 11) is 0. The SMILES string of the molecule is C=C(COC(C)=O)OCCCCC. The van der Waals surface area contributed by atoms with Crippen LogP contribution in [0.4, 0.5) is 0 Å². The van der Waals surface area contributed by atoms with Gasteiger partial charge in [-0.05, 0) is 6.42 Å². The van der Waals surface area contributed by atoms with Gasteiger partial charge in [-0.15, -0.1) is 0 Å². The van der Waals surface area contributed by atoms with Crippen molar-refractivity contribution < 1.29 is 14.3 Å². The number of ether oxygens (including phenoxy) is 2. The molecule has 0 radical (unpaired) electrons. The van der Waals surface area contributed by atoms with E-state index < -0.39 is 0 Å². The van der Waals surface area contributed by atoms with E-state index in [0.717, 1.165) is 12.8 Å². The summed E-state index contributed by atoms with van der Waals surface area (Å²) >= 11 is 0. The lowest BCUT2D eigenvalue weighted by Gasteiger charge is -2.08. The van der Waals surface area contributed by atoms with Crippen molar-refractivity contribution in [3.63, 3.8) is 0 Å². The van der Waals surface area contributed by atoms with Crippen LogP contribution in [0.5, 0.6) is 0 Å². The van der Waals surface area contributed by atoms with E-state index in [4.69, 9.17) is 9.47 Å². The standard InChI is InChI=1S/C10H18O3/c1-4-5-6-7-12-9(2)8-13-10(3)11/h2,4-8H2,1,3H3. The van der Waals surface area contributed by atoms with Gasteiger partial charge >= 0.3 is 5.97 Å². The second kappa shape index (κ2) is 7.65. The van der Waals surface area contributed by atoms with Crippen LogP contribution >= 0.6 is 0 Å². The molecule has 0 N–H and O–H groups in total. The molecule has 0 aromatic rings. The second-order valence-corrected chi connectivity index (χ2v) is 2.87. The molecule has 0 rings (SSSR count). The normalized spacial score (nSPS) is 9.38. The van der Waals surface area contributed by atoms with Gasteiger partial charge in [-0.2, -0.15) is 0 Å². The second-order valence-electron chi connectivity index (χ2n) is 2.87. The smallest absolute Gasteiger partial charge is 0.303 e. The van der Waals surface area contributed by atoms with Gasteiger partial charge in [0.1, 0.15) is 12.4 Å². The summed E-state index contributed by atoms with van der Waals surface area (Å²) in [5.41, 5.74) is 0. The fourth-order valence-corrected chi connectivity index (χ4v) is 0.792. The topological polar surface area (TPSA) is 35.5 Å². The van der Waals surface area contributed by atoms with E-state index in [9.17, 15) is 4.79 Å². The van der Waals surface area contributed by atoms with Crippen LogP contribution < -0.4 is 0 Å². The molecule has 13 heavy (non-hydrogen) atoms.